The molecule has 8 heteroatoms. The number of benzene rings is 2. The molecule has 31 heavy (non-hydrogen) atoms. The van der Waals surface area contributed by atoms with E-state index in [9.17, 15) is 23.2 Å². The number of hydrogen-bond donors (Lipinski definition) is 1. The molecular weight excluding hydrogens is 408 g/mol. The number of hydrogen-bond acceptors (Lipinski definition) is 5. The van der Waals surface area contributed by atoms with Gasteiger partial charge in [0.1, 0.15) is 5.75 Å². The molecule has 0 saturated heterocycles. The van der Waals surface area contributed by atoms with Crippen molar-refractivity contribution in [2.75, 3.05) is 11.9 Å². The van der Waals surface area contributed by atoms with Gasteiger partial charge in [0.15, 0.2) is 12.4 Å². The Morgan fingerprint density at radius 1 is 1.00 bits per heavy atom. The van der Waals surface area contributed by atoms with Crippen LogP contribution in [0.1, 0.15) is 36.2 Å². The molecule has 0 unspecified atom stereocenters. The van der Waals surface area contributed by atoms with E-state index in [2.05, 4.69) is 10.1 Å². The summed E-state index contributed by atoms with van der Waals surface area (Å²) in [7, 11) is 0. The average Bonchev–Trinajstić information content (AvgIpc) is 2.71. The van der Waals surface area contributed by atoms with E-state index in [4.69, 9.17) is 4.74 Å². The molecule has 2 aromatic rings. The fourth-order valence-corrected chi connectivity index (χ4v) is 2.52. The molecule has 0 atom stereocenters. The largest absolute Gasteiger partial charge is 0.454 e. The van der Waals surface area contributed by atoms with E-state index in [1.54, 1.807) is 24.3 Å². The van der Waals surface area contributed by atoms with Crippen LogP contribution in [-0.4, -0.2) is 30.9 Å². The minimum Gasteiger partial charge on any atom is -0.454 e. The van der Waals surface area contributed by atoms with Gasteiger partial charge in [-0.05, 0) is 54.0 Å². The number of rotatable bonds is 10. The lowest BCUT2D eigenvalue weighted by molar-refractivity contribution is -0.136. The van der Waals surface area contributed by atoms with Gasteiger partial charge >= 0.3 is 12.6 Å². The summed E-state index contributed by atoms with van der Waals surface area (Å²) in [5.41, 5.74) is 1.49. The van der Waals surface area contributed by atoms with Crippen LogP contribution in [0.5, 0.6) is 5.75 Å². The highest BCUT2D eigenvalue weighted by Gasteiger charge is 2.10. The fourth-order valence-electron chi connectivity index (χ4n) is 2.52. The molecule has 2 aromatic carbocycles. The second kappa shape index (κ2) is 11.6. The molecular formula is C23H23F2NO5. The van der Waals surface area contributed by atoms with Crippen molar-refractivity contribution in [3.8, 4) is 5.75 Å². The first kappa shape index (κ1) is 23.7. The Labute approximate surface area is 178 Å². The minimum atomic E-state index is -2.91. The van der Waals surface area contributed by atoms with Crippen molar-refractivity contribution in [3.05, 3.63) is 65.7 Å². The van der Waals surface area contributed by atoms with Gasteiger partial charge in [0.05, 0.1) is 0 Å². The zero-order chi connectivity index (χ0) is 22.8. The summed E-state index contributed by atoms with van der Waals surface area (Å²) in [5, 5.41) is 2.74. The number of carbonyl (C=O) groups excluding carboxylic acids is 3. The van der Waals surface area contributed by atoms with Crippen molar-refractivity contribution in [3.63, 3.8) is 0 Å². The maximum absolute atomic E-state index is 12.2. The van der Waals surface area contributed by atoms with E-state index < -0.39 is 25.0 Å². The van der Waals surface area contributed by atoms with Gasteiger partial charge < -0.3 is 14.8 Å². The number of carbonyl (C=O) groups is 3. The number of amides is 1. The summed E-state index contributed by atoms with van der Waals surface area (Å²) in [6, 6.07) is 12.0. The third-order valence-corrected chi connectivity index (χ3v) is 3.95. The summed E-state index contributed by atoms with van der Waals surface area (Å²) in [5.74, 6) is -0.977. The molecule has 0 heterocycles. The van der Waals surface area contributed by atoms with Crippen LogP contribution in [-0.2, 0) is 14.3 Å². The predicted octanol–water partition coefficient (Wildman–Crippen LogP) is 4.71. The van der Waals surface area contributed by atoms with E-state index in [1.807, 2.05) is 13.8 Å². The van der Waals surface area contributed by atoms with Crippen LogP contribution in [0.25, 0.3) is 6.08 Å². The maximum atomic E-state index is 12.2. The third kappa shape index (κ3) is 8.77. The normalized spacial score (nSPS) is 11.0. The highest BCUT2D eigenvalue weighted by atomic mass is 19.3. The fraction of sp³-hybridized carbons (Fsp3) is 0.261. The summed E-state index contributed by atoms with van der Waals surface area (Å²) >= 11 is 0. The zero-order valence-electron chi connectivity index (χ0n) is 17.1. The van der Waals surface area contributed by atoms with E-state index in [1.165, 1.54) is 30.3 Å². The van der Waals surface area contributed by atoms with Crippen molar-refractivity contribution in [1.29, 1.82) is 0 Å². The zero-order valence-corrected chi connectivity index (χ0v) is 17.1. The van der Waals surface area contributed by atoms with Gasteiger partial charge in [-0.25, -0.2) is 4.79 Å². The Bertz CT molecular complexity index is 922. The third-order valence-electron chi connectivity index (χ3n) is 3.95. The molecule has 0 aliphatic rings. The minimum absolute atomic E-state index is 0.00540. The van der Waals surface area contributed by atoms with Crippen LogP contribution in [0.15, 0.2) is 54.6 Å². The van der Waals surface area contributed by atoms with Gasteiger partial charge in [-0.3, -0.25) is 9.59 Å². The molecule has 6 nitrogen and oxygen atoms in total. The molecule has 164 valence electrons. The molecule has 0 aliphatic heterocycles. The van der Waals surface area contributed by atoms with E-state index in [-0.39, 0.29) is 17.6 Å². The Morgan fingerprint density at radius 2 is 1.65 bits per heavy atom. The number of halogens is 2. The SMILES string of the molecule is CC(C)CC(=O)Nc1ccc(C(=O)COC(=O)/C=C/c2ccc(OC(F)F)cc2)cc1. The first-order valence-electron chi connectivity index (χ1n) is 9.55. The summed E-state index contributed by atoms with van der Waals surface area (Å²) < 4.78 is 33.4. The van der Waals surface area contributed by atoms with E-state index in [0.29, 0.717) is 23.2 Å². The Balaban J connectivity index is 1.81. The van der Waals surface area contributed by atoms with E-state index in [0.717, 1.165) is 6.08 Å². The number of esters is 1. The highest BCUT2D eigenvalue weighted by molar-refractivity contribution is 5.99. The topological polar surface area (TPSA) is 81.7 Å². The average molecular weight is 431 g/mol. The molecule has 2 rings (SSSR count). The number of Topliss-reactive ketones (excluding diaryl/α,β-unsaturated/α-hetero) is 1. The van der Waals surface area contributed by atoms with Gasteiger partial charge in [-0.15, -0.1) is 0 Å². The number of alkyl halides is 2. The van der Waals surface area contributed by atoms with Crippen LogP contribution < -0.4 is 10.1 Å². The molecule has 0 aliphatic carbocycles. The first-order chi connectivity index (χ1) is 14.7. The number of ketones is 1. The molecule has 0 spiro atoms. The Kier molecular flexibility index (Phi) is 8.87. The lowest BCUT2D eigenvalue weighted by Gasteiger charge is -2.08. The molecule has 1 N–H and O–H groups in total. The van der Waals surface area contributed by atoms with Crippen molar-refractivity contribution in [2.45, 2.75) is 26.9 Å². The number of ether oxygens (including phenoxy) is 2. The molecule has 1 amide bonds. The Hall–Kier alpha value is -3.55. The molecule has 0 fully saturated rings. The van der Waals surface area contributed by atoms with Crippen molar-refractivity contribution >= 4 is 29.4 Å². The highest BCUT2D eigenvalue weighted by Crippen LogP contribution is 2.16. The second-order valence-corrected chi connectivity index (χ2v) is 7.04. The van der Waals surface area contributed by atoms with Crippen molar-refractivity contribution in [1.82, 2.24) is 0 Å². The van der Waals surface area contributed by atoms with Crippen LogP contribution in [0.4, 0.5) is 14.5 Å². The van der Waals surface area contributed by atoms with Gasteiger partial charge in [0, 0.05) is 23.7 Å². The molecule has 0 saturated carbocycles. The van der Waals surface area contributed by atoms with Crippen LogP contribution >= 0.6 is 0 Å². The van der Waals surface area contributed by atoms with Gasteiger partial charge in [-0.1, -0.05) is 26.0 Å². The molecule has 0 aromatic heterocycles. The van der Waals surface area contributed by atoms with Gasteiger partial charge in [-0.2, -0.15) is 8.78 Å². The number of anilines is 1. The van der Waals surface area contributed by atoms with Gasteiger partial charge in [0.2, 0.25) is 5.91 Å². The summed E-state index contributed by atoms with van der Waals surface area (Å²) in [4.78, 5) is 35.7. The molecule has 0 bridgehead atoms. The smallest absolute Gasteiger partial charge is 0.387 e. The van der Waals surface area contributed by atoms with Crippen molar-refractivity contribution < 1.29 is 32.6 Å². The standard InChI is InChI=1S/C23H23F2NO5/c1-15(2)13-21(28)26-18-8-6-17(7-9-18)20(27)14-30-22(29)12-5-16-3-10-19(11-4-16)31-23(24)25/h3-12,15,23H,13-14H2,1-2H3,(H,26,28)/b12-5+. The monoisotopic (exact) mass is 431 g/mol. The lowest BCUT2D eigenvalue weighted by atomic mass is 10.1. The number of nitrogens with one attached hydrogen (secondary N) is 1. The van der Waals surface area contributed by atoms with Crippen LogP contribution in [0, 0.1) is 5.92 Å². The summed E-state index contributed by atoms with van der Waals surface area (Å²) in [6.45, 7) is 0.538. The predicted molar refractivity (Wildman–Crippen MR) is 112 cm³/mol. The van der Waals surface area contributed by atoms with Crippen LogP contribution in [0.2, 0.25) is 0 Å². The first-order valence-corrected chi connectivity index (χ1v) is 9.55. The second-order valence-electron chi connectivity index (χ2n) is 7.04. The van der Waals surface area contributed by atoms with Gasteiger partial charge in [0.25, 0.3) is 0 Å². The van der Waals surface area contributed by atoms with Crippen molar-refractivity contribution in [2.24, 2.45) is 5.92 Å². The Morgan fingerprint density at radius 3 is 2.23 bits per heavy atom. The molecule has 0 radical (unpaired) electrons. The summed E-state index contributed by atoms with van der Waals surface area (Å²) in [6.07, 6.45) is 2.95. The lowest BCUT2D eigenvalue weighted by Crippen LogP contribution is -2.14. The maximum Gasteiger partial charge on any atom is 0.387 e. The van der Waals surface area contributed by atoms with Crippen LogP contribution in [0.3, 0.4) is 0 Å². The van der Waals surface area contributed by atoms with E-state index >= 15 is 0 Å². The quantitative estimate of drug-likeness (QED) is 0.335.